The smallest absolute Gasteiger partial charge is 0.175 e. The maximum Gasteiger partial charge on any atom is 0.175 e. The van der Waals surface area contributed by atoms with E-state index in [2.05, 4.69) is 28.3 Å². The van der Waals surface area contributed by atoms with Gasteiger partial charge < -0.3 is 23.9 Å². The number of methoxy groups -OCH3 is 1. The highest BCUT2D eigenvalue weighted by Crippen LogP contribution is 2.25. The van der Waals surface area contributed by atoms with Gasteiger partial charge in [0, 0.05) is 63.4 Å². The highest BCUT2D eigenvalue weighted by molar-refractivity contribution is 5.68. The molecule has 0 aromatic carbocycles. The van der Waals surface area contributed by atoms with Crippen LogP contribution in [0.15, 0.2) is 41.3 Å². The Morgan fingerprint density at radius 3 is 2.66 bits per heavy atom. The molecule has 0 radical (unpaired) electrons. The second-order valence-electron chi connectivity index (χ2n) is 8.22. The van der Waals surface area contributed by atoms with Crippen molar-refractivity contribution in [3.05, 3.63) is 58.9 Å². The van der Waals surface area contributed by atoms with Crippen molar-refractivity contribution >= 4 is 17.0 Å². The third-order valence-corrected chi connectivity index (χ3v) is 5.91. The minimum Gasteiger partial charge on any atom is -0.493 e. The van der Waals surface area contributed by atoms with Gasteiger partial charge in [-0.3, -0.25) is 0 Å². The lowest BCUT2D eigenvalue weighted by molar-refractivity contribution is 0.402. The van der Waals surface area contributed by atoms with Crippen LogP contribution >= 0.6 is 0 Å². The van der Waals surface area contributed by atoms with Crippen LogP contribution in [0.2, 0.25) is 0 Å². The molecule has 3 aromatic rings. The van der Waals surface area contributed by atoms with Gasteiger partial charge in [-0.1, -0.05) is 6.92 Å². The maximum absolute atomic E-state index is 14.8. The number of halogens is 1. The highest BCUT2D eigenvalue weighted by atomic mass is 19.1. The zero-order valence-electron chi connectivity index (χ0n) is 19.4. The molecular weight excluding hydrogens is 407 g/mol. The summed E-state index contributed by atoms with van der Waals surface area (Å²) >= 11 is 0. The van der Waals surface area contributed by atoms with Crippen LogP contribution in [0.3, 0.4) is 0 Å². The number of nitrogens with one attached hydrogen (secondary N) is 1. The standard InChI is InChI=1S/C24H31FN6O/c1-6-16(2)22(18-11-20(25)23-27-17(3)13-31(23)14-18)28-24-21(32-5)12-19(15-29(24)4)30-9-7-26-8-10-30/h11-15,26H,6-10H2,1-5H3/b22-16+,28-24?. The van der Waals surface area contributed by atoms with E-state index in [9.17, 15) is 4.39 Å². The first-order valence-corrected chi connectivity index (χ1v) is 11.0. The van der Waals surface area contributed by atoms with Gasteiger partial charge >= 0.3 is 0 Å². The molecule has 1 aliphatic rings. The number of hydrogen-bond donors (Lipinski definition) is 1. The second kappa shape index (κ2) is 9.16. The molecule has 0 atom stereocenters. The van der Waals surface area contributed by atoms with E-state index in [-0.39, 0.29) is 5.82 Å². The lowest BCUT2D eigenvalue weighted by atomic mass is 10.1. The van der Waals surface area contributed by atoms with E-state index >= 15 is 0 Å². The second-order valence-corrected chi connectivity index (χ2v) is 8.22. The number of ether oxygens (including phenoxy) is 1. The molecule has 0 spiro atoms. The molecule has 3 aromatic heterocycles. The number of allylic oxidation sites excluding steroid dienone is 1. The van der Waals surface area contributed by atoms with Crippen molar-refractivity contribution in [1.29, 1.82) is 0 Å². The Labute approximate surface area is 187 Å². The van der Waals surface area contributed by atoms with Crippen LogP contribution in [0.5, 0.6) is 5.75 Å². The maximum atomic E-state index is 14.8. The number of fused-ring (bicyclic) bond motifs is 1. The van der Waals surface area contributed by atoms with Gasteiger partial charge in [0.05, 0.1) is 24.2 Å². The minimum absolute atomic E-state index is 0.322. The number of aromatic nitrogens is 3. The van der Waals surface area contributed by atoms with E-state index in [1.807, 2.05) is 43.9 Å². The molecule has 7 nitrogen and oxygen atoms in total. The average molecular weight is 439 g/mol. The number of imidazole rings is 1. The fourth-order valence-electron chi connectivity index (χ4n) is 4.04. The summed E-state index contributed by atoms with van der Waals surface area (Å²) in [5, 5.41) is 3.38. The molecule has 1 aliphatic heterocycles. The van der Waals surface area contributed by atoms with E-state index in [4.69, 9.17) is 9.73 Å². The number of rotatable bonds is 5. The molecule has 1 saturated heterocycles. The largest absolute Gasteiger partial charge is 0.493 e. The molecule has 0 aliphatic carbocycles. The lowest BCUT2D eigenvalue weighted by Crippen LogP contribution is -2.44. The SMILES string of the molecule is CC/C(C)=C(/N=c1c(OC)cc(N2CCNCC2)cn1C)c1cc(F)c2nc(C)cn2c1. The van der Waals surface area contributed by atoms with Crippen LogP contribution in [-0.2, 0) is 7.05 Å². The first-order valence-electron chi connectivity index (χ1n) is 11.0. The molecule has 4 heterocycles. The van der Waals surface area contributed by atoms with Gasteiger partial charge in [-0.05, 0) is 31.9 Å². The summed E-state index contributed by atoms with van der Waals surface area (Å²) in [4.78, 5) is 11.6. The van der Waals surface area contributed by atoms with Gasteiger partial charge in [-0.2, -0.15) is 0 Å². The number of anilines is 1. The first kappa shape index (κ1) is 22.1. The van der Waals surface area contributed by atoms with Crippen LogP contribution in [0, 0.1) is 12.7 Å². The molecule has 1 fully saturated rings. The average Bonchev–Trinajstić information content (AvgIpc) is 3.18. The normalized spacial score (nSPS) is 15.9. The highest BCUT2D eigenvalue weighted by Gasteiger charge is 2.15. The summed E-state index contributed by atoms with van der Waals surface area (Å²) in [7, 11) is 3.63. The quantitative estimate of drug-likeness (QED) is 0.664. The Kier molecular flexibility index (Phi) is 6.32. The van der Waals surface area contributed by atoms with E-state index in [1.165, 1.54) is 6.07 Å². The van der Waals surface area contributed by atoms with Crippen molar-refractivity contribution in [2.75, 3.05) is 38.2 Å². The summed E-state index contributed by atoms with van der Waals surface area (Å²) in [5.41, 5.74) is 5.40. The predicted octanol–water partition coefficient (Wildman–Crippen LogP) is 3.28. The minimum atomic E-state index is -0.363. The van der Waals surface area contributed by atoms with Crippen molar-refractivity contribution in [1.82, 2.24) is 19.3 Å². The fraction of sp³-hybridized carbons (Fsp3) is 0.417. The summed E-state index contributed by atoms with van der Waals surface area (Å²) in [6, 6.07) is 3.55. The molecule has 0 unspecified atom stereocenters. The van der Waals surface area contributed by atoms with E-state index < -0.39 is 0 Å². The fourth-order valence-corrected chi connectivity index (χ4v) is 4.04. The van der Waals surface area contributed by atoms with Gasteiger partial charge in [0.15, 0.2) is 22.7 Å². The van der Waals surface area contributed by atoms with Crippen LogP contribution in [-0.4, -0.2) is 47.2 Å². The van der Waals surface area contributed by atoms with Crippen molar-refractivity contribution in [3.8, 4) is 5.75 Å². The molecule has 4 rings (SSSR count). The van der Waals surface area contributed by atoms with Crippen LogP contribution < -0.4 is 20.4 Å². The third-order valence-electron chi connectivity index (χ3n) is 5.91. The van der Waals surface area contributed by atoms with E-state index in [0.29, 0.717) is 22.4 Å². The Hall–Kier alpha value is -3.13. The topological polar surface area (TPSA) is 59.1 Å². The molecule has 0 saturated carbocycles. The van der Waals surface area contributed by atoms with Gasteiger partial charge in [0.1, 0.15) is 0 Å². The van der Waals surface area contributed by atoms with E-state index in [0.717, 1.165) is 55.3 Å². The van der Waals surface area contributed by atoms with Gasteiger partial charge in [-0.25, -0.2) is 14.4 Å². The van der Waals surface area contributed by atoms with E-state index in [1.54, 1.807) is 11.5 Å². The summed E-state index contributed by atoms with van der Waals surface area (Å²) in [6.45, 7) is 9.78. The van der Waals surface area contributed by atoms with Gasteiger partial charge in [0.2, 0.25) is 0 Å². The number of nitrogens with zero attached hydrogens (tertiary/aromatic N) is 5. The number of hydrogen-bond acceptors (Lipinski definition) is 5. The summed E-state index contributed by atoms with van der Waals surface area (Å²) in [6.07, 6.45) is 6.59. The Balaban J connectivity index is 1.86. The number of piperazine rings is 1. The third kappa shape index (κ3) is 4.27. The monoisotopic (exact) mass is 438 g/mol. The zero-order chi connectivity index (χ0) is 22.8. The van der Waals surface area contributed by atoms with Crippen molar-refractivity contribution in [2.45, 2.75) is 27.2 Å². The number of aryl methyl sites for hydroxylation is 2. The summed E-state index contributed by atoms with van der Waals surface area (Å²) in [5.74, 6) is 0.322. The van der Waals surface area contributed by atoms with Gasteiger partial charge in [0.25, 0.3) is 0 Å². The molecular formula is C24H31FN6O. The number of pyridine rings is 2. The Bertz CT molecular complexity index is 1230. The summed E-state index contributed by atoms with van der Waals surface area (Å²) < 4.78 is 24.3. The molecule has 1 N–H and O–H groups in total. The van der Waals surface area contributed by atoms with Crippen LogP contribution in [0.4, 0.5) is 10.1 Å². The Morgan fingerprint density at radius 2 is 1.97 bits per heavy atom. The molecule has 0 amide bonds. The van der Waals surface area contributed by atoms with Crippen molar-refractivity contribution in [3.63, 3.8) is 0 Å². The molecule has 170 valence electrons. The lowest BCUT2D eigenvalue weighted by Gasteiger charge is -2.30. The Morgan fingerprint density at radius 1 is 1.22 bits per heavy atom. The first-order chi connectivity index (χ1) is 15.4. The zero-order valence-corrected chi connectivity index (χ0v) is 19.4. The molecule has 32 heavy (non-hydrogen) atoms. The predicted molar refractivity (Wildman–Crippen MR) is 125 cm³/mol. The van der Waals surface area contributed by atoms with Crippen LogP contribution in [0.25, 0.3) is 11.3 Å². The van der Waals surface area contributed by atoms with Gasteiger partial charge in [-0.15, -0.1) is 0 Å². The molecule has 0 bridgehead atoms. The van der Waals surface area contributed by atoms with Crippen LogP contribution in [0.1, 0.15) is 31.5 Å². The van der Waals surface area contributed by atoms with Crippen molar-refractivity contribution < 1.29 is 9.13 Å². The van der Waals surface area contributed by atoms with Crippen molar-refractivity contribution in [2.24, 2.45) is 12.0 Å². The molecule has 8 heteroatoms.